The Labute approximate surface area is 247 Å². The molecule has 0 spiro atoms. The number of carbonyl (C=O) groups excluding carboxylic acids is 1. The zero-order chi connectivity index (χ0) is 28.7. The molecule has 5 rings (SSSR count). The van der Waals surface area contributed by atoms with Crippen molar-refractivity contribution in [3.05, 3.63) is 114 Å². The van der Waals surface area contributed by atoms with Gasteiger partial charge in [0.2, 0.25) is 0 Å². The number of ether oxygens (including phenoxy) is 1. The van der Waals surface area contributed by atoms with Crippen LogP contribution in [0.15, 0.2) is 71.2 Å². The molecule has 0 radical (unpaired) electrons. The number of ketones is 1. The van der Waals surface area contributed by atoms with Crippen molar-refractivity contribution < 1.29 is 13.9 Å². The third-order valence-corrected chi connectivity index (χ3v) is 8.42. The van der Waals surface area contributed by atoms with Crippen LogP contribution in [0.4, 0.5) is 10.1 Å². The molecule has 0 fully saturated rings. The summed E-state index contributed by atoms with van der Waals surface area (Å²) in [6.45, 7) is 4.07. The molecule has 1 atom stereocenters. The number of nitriles is 1. The van der Waals surface area contributed by atoms with Crippen LogP contribution >= 0.6 is 34.8 Å². The normalized spacial score (nSPS) is 17.2. The molecule has 1 unspecified atom stereocenters. The van der Waals surface area contributed by atoms with Crippen molar-refractivity contribution in [2.45, 2.75) is 45.6 Å². The minimum atomic E-state index is -0.638. The summed E-state index contributed by atoms with van der Waals surface area (Å²) < 4.78 is 19.4. The van der Waals surface area contributed by atoms with Crippen molar-refractivity contribution in [2.75, 3.05) is 4.90 Å². The van der Waals surface area contributed by atoms with Crippen molar-refractivity contribution in [3.63, 3.8) is 0 Å². The number of Topliss-reactive ketones (excluding diaryl/α,β-unsaturated/α-hetero) is 1. The number of benzene rings is 3. The van der Waals surface area contributed by atoms with Gasteiger partial charge in [-0.1, -0.05) is 46.9 Å². The largest absolute Gasteiger partial charge is 0.487 e. The first-order chi connectivity index (χ1) is 19.1. The molecule has 40 heavy (non-hydrogen) atoms. The Morgan fingerprint density at radius 2 is 1.80 bits per heavy atom. The second-order valence-electron chi connectivity index (χ2n) is 9.91. The topological polar surface area (TPSA) is 79.4 Å². The van der Waals surface area contributed by atoms with Crippen molar-refractivity contribution in [1.29, 1.82) is 5.26 Å². The predicted molar refractivity (Wildman–Crippen MR) is 156 cm³/mol. The molecular formula is C31H25Cl3FN3O2. The molecular weight excluding hydrogens is 572 g/mol. The Bertz CT molecular complexity index is 1660. The fraction of sp³-hybridized carbons (Fsp3) is 0.226. The first-order valence-corrected chi connectivity index (χ1v) is 13.8. The van der Waals surface area contributed by atoms with Crippen molar-refractivity contribution in [3.8, 4) is 11.8 Å². The van der Waals surface area contributed by atoms with Gasteiger partial charge in [0.1, 0.15) is 24.0 Å². The molecule has 0 aromatic heterocycles. The molecule has 3 aromatic rings. The van der Waals surface area contributed by atoms with E-state index in [9.17, 15) is 14.4 Å². The zero-order valence-corrected chi connectivity index (χ0v) is 24.1. The van der Waals surface area contributed by atoms with Crippen LogP contribution in [0.3, 0.4) is 0 Å². The third-order valence-electron chi connectivity index (χ3n) is 7.39. The summed E-state index contributed by atoms with van der Waals surface area (Å²) in [5.74, 6) is -0.509. The molecule has 1 aliphatic carbocycles. The van der Waals surface area contributed by atoms with E-state index in [1.54, 1.807) is 23.1 Å². The molecule has 5 nitrogen and oxygen atoms in total. The molecule has 3 aromatic carbocycles. The van der Waals surface area contributed by atoms with Crippen LogP contribution in [0.25, 0.3) is 0 Å². The summed E-state index contributed by atoms with van der Waals surface area (Å²) in [6.07, 6.45) is 1.66. The van der Waals surface area contributed by atoms with Crippen molar-refractivity contribution >= 4 is 46.3 Å². The Hall–Kier alpha value is -3.50. The Morgan fingerprint density at radius 1 is 1.02 bits per heavy atom. The van der Waals surface area contributed by atoms with Gasteiger partial charge in [0.05, 0.1) is 32.6 Å². The maximum atomic E-state index is 13.5. The summed E-state index contributed by atoms with van der Waals surface area (Å²) in [7, 11) is 0. The Kier molecular flexibility index (Phi) is 7.83. The third kappa shape index (κ3) is 5.06. The predicted octanol–water partition coefficient (Wildman–Crippen LogP) is 8.29. The molecule has 2 aliphatic rings. The van der Waals surface area contributed by atoms with E-state index < -0.39 is 11.7 Å². The Balaban J connectivity index is 1.62. The molecule has 0 amide bonds. The number of aryl methyl sites for hydroxylation is 2. The number of nitrogens with two attached hydrogens (primary N) is 1. The number of rotatable bonds is 5. The fourth-order valence-corrected chi connectivity index (χ4v) is 5.96. The van der Waals surface area contributed by atoms with Crippen LogP contribution in [0.2, 0.25) is 15.1 Å². The molecule has 1 heterocycles. The number of allylic oxidation sites excluding steroid dienone is 3. The number of carbonyl (C=O) groups is 1. The number of halogens is 4. The van der Waals surface area contributed by atoms with Crippen LogP contribution in [-0.2, 0) is 11.4 Å². The summed E-state index contributed by atoms with van der Waals surface area (Å²) in [5.41, 5.74) is 12.5. The van der Waals surface area contributed by atoms with E-state index in [2.05, 4.69) is 6.07 Å². The lowest BCUT2D eigenvalue weighted by Crippen LogP contribution is -2.39. The maximum Gasteiger partial charge on any atom is 0.161 e. The highest BCUT2D eigenvalue weighted by Crippen LogP contribution is 2.48. The highest BCUT2D eigenvalue weighted by molar-refractivity contribution is 6.42. The van der Waals surface area contributed by atoms with Crippen LogP contribution in [0.1, 0.15) is 47.4 Å². The summed E-state index contributed by atoms with van der Waals surface area (Å²) in [4.78, 5) is 15.3. The minimum Gasteiger partial charge on any atom is -0.487 e. The quantitative estimate of drug-likeness (QED) is 0.321. The molecule has 0 bridgehead atoms. The zero-order valence-electron chi connectivity index (χ0n) is 21.8. The first kappa shape index (κ1) is 28.0. The molecule has 1 aliphatic heterocycles. The molecule has 2 N–H and O–H groups in total. The maximum absolute atomic E-state index is 13.5. The van der Waals surface area contributed by atoms with Gasteiger partial charge in [0, 0.05) is 23.4 Å². The van der Waals surface area contributed by atoms with E-state index in [0.717, 1.165) is 28.0 Å². The van der Waals surface area contributed by atoms with Gasteiger partial charge in [-0.15, -0.1) is 0 Å². The highest BCUT2D eigenvalue weighted by atomic mass is 35.5. The standard InChI is InChI=1S/C31H25Cl3FN3O2/c1-16-10-17(2)21(11-18(16)15-40-28-9-6-19(35)12-25(28)34)29-22(14-36)31(37)38(20-7-8-23(32)24(33)13-20)26-4-3-5-27(39)30(26)29/h6-13,29H,3-5,15,37H2,1-2H3. The van der Waals surface area contributed by atoms with E-state index in [4.69, 9.17) is 45.3 Å². The number of hydrogen-bond donors (Lipinski definition) is 1. The van der Waals surface area contributed by atoms with E-state index in [-0.39, 0.29) is 28.8 Å². The molecule has 0 saturated heterocycles. The lowest BCUT2D eigenvalue weighted by atomic mass is 9.74. The van der Waals surface area contributed by atoms with E-state index in [1.807, 2.05) is 26.0 Å². The first-order valence-electron chi connectivity index (χ1n) is 12.7. The molecule has 204 valence electrons. The number of nitrogens with zero attached hydrogens (tertiary/aromatic N) is 2. The van der Waals surface area contributed by atoms with Gasteiger partial charge in [-0.25, -0.2) is 4.39 Å². The number of hydrogen-bond acceptors (Lipinski definition) is 5. The van der Waals surface area contributed by atoms with Gasteiger partial charge in [0.25, 0.3) is 0 Å². The minimum absolute atomic E-state index is 0.0209. The molecule has 9 heteroatoms. The fourth-order valence-electron chi connectivity index (χ4n) is 5.45. The second kappa shape index (κ2) is 11.2. The van der Waals surface area contributed by atoms with Gasteiger partial charge in [-0.05, 0) is 85.3 Å². The van der Waals surface area contributed by atoms with E-state index in [0.29, 0.717) is 46.3 Å². The van der Waals surface area contributed by atoms with Crippen LogP contribution in [-0.4, -0.2) is 5.78 Å². The average molecular weight is 597 g/mol. The van der Waals surface area contributed by atoms with Crippen LogP contribution in [0.5, 0.6) is 5.75 Å². The lowest BCUT2D eigenvalue weighted by Gasteiger charge is -2.40. The summed E-state index contributed by atoms with van der Waals surface area (Å²) >= 11 is 18.6. The Morgan fingerprint density at radius 3 is 2.50 bits per heavy atom. The van der Waals surface area contributed by atoms with Crippen molar-refractivity contribution in [2.24, 2.45) is 5.73 Å². The smallest absolute Gasteiger partial charge is 0.161 e. The van der Waals surface area contributed by atoms with E-state index in [1.165, 1.54) is 18.2 Å². The lowest BCUT2D eigenvalue weighted by molar-refractivity contribution is -0.116. The molecule has 0 saturated carbocycles. The monoisotopic (exact) mass is 595 g/mol. The highest BCUT2D eigenvalue weighted by Gasteiger charge is 2.41. The SMILES string of the molecule is Cc1cc(C)c(C2C(C#N)=C(N)N(c3ccc(Cl)c(Cl)c3)C3=C2C(=O)CCC3)cc1COc1ccc(F)cc1Cl. The van der Waals surface area contributed by atoms with Gasteiger partial charge >= 0.3 is 0 Å². The van der Waals surface area contributed by atoms with Crippen LogP contribution in [0, 0.1) is 31.0 Å². The van der Waals surface area contributed by atoms with Gasteiger partial charge in [-0.2, -0.15) is 5.26 Å². The number of anilines is 1. The summed E-state index contributed by atoms with van der Waals surface area (Å²) in [6, 6.07) is 15.3. The second-order valence-corrected chi connectivity index (χ2v) is 11.1. The van der Waals surface area contributed by atoms with Gasteiger partial charge in [-0.3, -0.25) is 9.69 Å². The van der Waals surface area contributed by atoms with Gasteiger partial charge in [0.15, 0.2) is 5.78 Å². The summed E-state index contributed by atoms with van der Waals surface area (Å²) in [5, 5.41) is 11.3. The average Bonchev–Trinajstić information content (AvgIpc) is 2.90. The van der Waals surface area contributed by atoms with Gasteiger partial charge < -0.3 is 10.5 Å². The van der Waals surface area contributed by atoms with E-state index >= 15 is 0 Å². The van der Waals surface area contributed by atoms with Crippen LogP contribution < -0.4 is 15.4 Å². The van der Waals surface area contributed by atoms with Crippen molar-refractivity contribution in [1.82, 2.24) is 0 Å².